The number of nitrogens with one attached hydrogen (secondary N) is 2. The molecular weight excluding hydrogens is 354 g/mol. The average Bonchev–Trinajstić information content (AvgIpc) is 3.12. The Bertz CT molecular complexity index is 723. The molecule has 2 aromatic rings. The lowest BCUT2D eigenvalue weighted by atomic mass is 9.91. The summed E-state index contributed by atoms with van der Waals surface area (Å²) in [4.78, 5) is 17.7. The van der Waals surface area contributed by atoms with Crippen LogP contribution < -0.4 is 16.4 Å². The number of nitrogens with zero attached hydrogens (tertiary/aromatic N) is 4. The number of aryl methyl sites for hydroxylation is 1. The molecule has 0 spiro atoms. The van der Waals surface area contributed by atoms with Gasteiger partial charge in [-0.15, -0.1) is 0 Å². The summed E-state index contributed by atoms with van der Waals surface area (Å²) in [5.74, 6) is 0.986. The van der Waals surface area contributed by atoms with Crippen LogP contribution in [0.2, 0.25) is 0 Å². The molecular formula is C20H35N7O. The molecule has 0 aliphatic heterocycles. The fraction of sp³-hybridized carbons (Fsp3) is 0.600. The summed E-state index contributed by atoms with van der Waals surface area (Å²) >= 11 is 0. The third-order valence-electron chi connectivity index (χ3n) is 4.35. The largest absolute Gasteiger partial charge is 0.368 e. The Morgan fingerprint density at radius 3 is 2.50 bits per heavy atom. The zero-order chi connectivity index (χ0) is 20.9. The van der Waals surface area contributed by atoms with Crippen molar-refractivity contribution in [2.45, 2.75) is 71.4 Å². The van der Waals surface area contributed by atoms with Crippen molar-refractivity contribution < 1.29 is 4.79 Å². The van der Waals surface area contributed by atoms with E-state index < -0.39 is 0 Å². The van der Waals surface area contributed by atoms with Crippen molar-refractivity contribution in [3.63, 3.8) is 0 Å². The molecule has 0 saturated heterocycles. The minimum Gasteiger partial charge on any atom is -0.368 e. The molecule has 0 radical (unpaired) electrons. The van der Waals surface area contributed by atoms with Crippen LogP contribution in [0.5, 0.6) is 0 Å². The van der Waals surface area contributed by atoms with Crippen LogP contribution >= 0.6 is 0 Å². The molecule has 2 heterocycles. The fourth-order valence-electron chi connectivity index (χ4n) is 3.05. The van der Waals surface area contributed by atoms with Crippen LogP contribution in [0.1, 0.15) is 58.4 Å². The van der Waals surface area contributed by atoms with Crippen LogP contribution in [-0.2, 0) is 11.2 Å². The zero-order valence-corrected chi connectivity index (χ0v) is 17.6. The van der Waals surface area contributed by atoms with E-state index in [0.29, 0.717) is 30.3 Å². The van der Waals surface area contributed by atoms with Gasteiger partial charge in [-0.1, -0.05) is 33.8 Å². The van der Waals surface area contributed by atoms with E-state index in [1.54, 1.807) is 4.52 Å². The first-order valence-electron chi connectivity index (χ1n) is 10.0. The number of fused-ring (bicyclic) bond motifs is 1. The van der Waals surface area contributed by atoms with E-state index >= 15 is 0 Å². The van der Waals surface area contributed by atoms with E-state index in [1.165, 1.54) is 25.3 Å². The zero-order valence-electron chi connectivity index (χ0n) is 17.6. The topological polar surface area (TPSA) is 110 Å². The van der Waals surface area contributed by atoms with Crippen molar-refractivity contribution in [3.05, 3.63) is 24.4 Å². The number of aromatic nitrogens is 4. The number of aldehydes is 1. The quantitative estimate of drug-likeness (QED) is 0.532. The third kappa shape index (κ3) is 6.92. The van der Waals surface area contributed by atoms with E-state index in [4.69, 9.17) is 10.5 Å². The van der Waals surface area contributed by atoms with Gasteiger partial charge in [0.2, 0.25) is 11.9 Å². The Balaban J connectivity index is 0.000000489. The average molecular weight is 390 g/mol. The van der Waals surface area contributed by atoms with Crippen LogP contribution in [0.15, 0.2) is 18.9 Å². The highest BCUT2D eigenvalue weighted by Crippen LogP contribution is 2.22. The van der Waals surface area contributed by atoms with Crippen LogP contribution in [-0.4, -0.2) is 45.0 Å². The SMILES string of the molecule is C=CC=O.CCC.CCc1cnn2c(NC3CCCC(NC)C3)nc(N)nc12. The second-order valence-electron chi connectivity index (χ2n) is 6.74. The van der Waals surface area contributed by atoms with Crippen molar-refractivity contribution in [2.24, 2.45) is 0 Å². The van der Waals surface area contributed by atoms with Gasteiger partial charge in [0.25, 0.3) is 0 Å². The summed E-state index contributed by atoms with van der Waals surface area (Å²) in [7, 11) is 2.02. The summed E-state index contributed by atoms with van der Waals surface area (Å²) in [6.45, 7) is 9.45. The van der Waals surface area contributed by atoms with Gasteiger partial charge in [-0.3, -0.25) is 4.79 Å². The number of hydrogen-bond donors (Lipinski definition) is 3. The summed E-state index contributed by atoms with van der Waals surface area (Å²) in [5.41, 5.74) is 7.74. The van der Waals surface area contributed by atoms with Gasteiger partial charge < -0.3 is 16.4 Å². The van der Waals surface area contributed by atoms with Gasteiger partial charge in [0.15, 0.2) is 5.65 Å². The Kier molecular flexibility index (Phi) is 10.8. The molecule has 4 N–H and O–H groups in total. The molecule has 2 unspecified atom stereocenters. The monoisotopic (exact) mass is 389 g/mol. The van der Waals surface area contributed by atoms with Crippen molar-refractivity contribution in [1.82, 2.24) is 24.9 Å². The number of hydrogen-bond acceptors (Lipinski definition) is 7. The Hall–Kier alpha value is -2.48. The highest BCUT2D eigenvalue weighted by atomic mass is 16.1. The second kappa shape index (κ2) is 12.8. The molecule has 8 nitrogen and oxygen atoms in total. The van der Waals surface area contributed by atoms with Gasteiger partial charge in [-0.05, 0) is 45.2 Å². The smallest absolute Gasteiger partial charge is 0.229 e. The van der Waals surface area contributed by atoms with Crippen LogP contribution in [0, 0.1) is 0 Å². The van der Waals surface area contributed by atoms with Crippen molar-refractivity contribution in [3.8, 4) is 0 Å². The first kappa shape index (κ1) is 23.6. The van der Waals surface area contributed by atoms with Gasteiger partial charge >= 0.3 is 0 Å². The predicted molar refractivity (Wildman–Crippen MR) is 116 cm³/mol. The lowest BCUT2D eigenvalue weighted by molar-refractivity contribution is -0.104. The number of carbonyl (C=O) groups excluding carboxylic acids is 1. The standard InChI is InChI=1S/C14H23N7.C3H4O.C3H8/c1-3-9-8-17-21-12(9)19-13(15)20-14(21)18-11-6-4-5-10(7-11)16-2;1-2-3-4;1-3-2/h8,10-11,16H,3-7H2,1-2H3,(H3,15,18,19,20);2-3H,1H2;3H2,1-2H3. The van der Waals surface area contributed by atoms with Gasteiger partial charge in [-0.25, -0.2) is 0 Å². The first-order chi connectivity index (χ1) is 13.5. The molecule has 1 aliphatic rings. The van der Waals surface area contributed by atoms with Gasteiger partial charge in [0, 0.05) is 17.6 Å². The molecule has 0 aromatic carbocycles. The third-order valence-corrected chi connectivity index (χ3v) is 4.35. The normalized spacial score (nSPS) is 18.3. The van der Waals surface area contributed by atoms with Gasteiger partial charge in [0.1, 0.15) is 6.29 Å². The number of carbonyl (C=O) groups is 1. The molecule has 0 amide bonds. The lowest BCUT2D eigenvalue weighted by Crippen LogP contribution is -2.37. The number of nitrogens with two attached hydrogens (primary N) is 1. The van der Waals surface area contributed by atoms with Crippen molar-refractivity contribution in [2.75, 3.05) is 18.1 Å². The molecule has 156 valence electrons. The number of nitrogen functional groups attached to an aromatic ring is 1. The first-order valence-corrected chi connectivity index (χ1v) is 10.0. The lowest BCUT2D eigenvalue weighted by Gasteiger charge is -2.29. The molecule has 3 rings (SSSR count). The van der Waals surface area contributed by atoms with E-state index in [9.17, 15) is 0 Å². The Labute approximate surface area is 168 Å². The van der Waals surface area contributed by atoms with Crippen molar-refractivity contribution in [1.29, 1.82) is 0 Å². The van der Waals surface area contributed by atoms with E-state index in [2.05, 4.69) is 53.1 Å². The minimum absolute atomic E-state index is 0.293. The molecule has 1 aliphatic carbocycles. The predicted octanol–water partition coefficient (Wildman–Crippen LogP) is 3.00. The van der Waals surface area contributed by atoms with Crippen LogP contribution in [0.25, 0.3) is 5.65 Å². The highest BCUT2D eigenvalue weighted by Gasteiger charge is 2.22. The second-order valence-corrected chi connectivity index (χ2v) is 6.74. The summed E-state index contributed by atoms with van der Waals surface area (Å²) in [6.07, 6.45) is 10.5. The molecule has 8 heteroatoms. The molecule has 2 atom stereocenters. The van der Waals surface area contributed by atoms with E-state index in [1.807, 2.05) is 13.2 Å². The van der Waals surface area contributed by atoms with E-state index in [-0.39, 0.29) is 0 Å². The molecule has 1 fully saturated rings. The Morgan fingerprint density at radius 2 is 1.93 bits per heavy atom. The molecule has 0 bridgehead atoms. The minimum atomic E-state index is 0.293. The summed E-state index contributed by atoms with van der Waals surface area (Å²) < 4.78 is 1.76. The maximum atomic E-state index is 9.06. The summed E-state index contributed by atoms with van der Waals surface area (Å²) in [5, 5.41) is 11.3. The maximum Gasteiger partial charge on any atom is 0.229 e. The van der Waals surface area contributed by atoms with Gasteiger partial charge in [-0.2, -0.15) is 19.6 Å². The molecule has 1 saturated carbocycles. The molecule has 28 heavy (non-hydrogen) atoms. The van der Waals surface area contributed by atoms with Crippen LogP contribution in [0.3, 0.4) is 0 Å². The Morgan fingerprint density at radius 1 is 1.29 bits per heavy atom. The number of rotatable bonds is 5. The number of allylic oxidation sites excluding steroid dienone is 1. The van der Waals surface area contributed by atoms with Crippen molar-refractivity contribution >= 4 is 23.8 Å². The fourth-order valence-corrected chi connectivity index (χ4v) is 3.05. The highest BCUT2D eigenvalue weighted by molar-refractivity contribution is 5.63. The maximum absolute atomic E-state index is 9.06. The van der Waals surface area contributed by atoms with Gasteiger partial charge in [0.05, 0.1) is 6.20 Å². The summed E-state index contributed by atoms with van der Waals surface area (Å²) in [6, 6.07) is 0.956. The van der Waals surface area contributed by atoms with E-state index in [0.717, 1.165) is 30.5 Å². The molecule has 2 aromatic heterocycles. The number of anilines is 2. The van der Waals surface area contributed by atoms with Crippen LogP contribution in [0.4, 0.5) is 11.9 Å².